The fourth-order valence-electron chi connectivity index (χ4n) is 1.67. The van der Waals surface area contributed by atoms with Crippen molar-refractivity contribution >= 4 is 10.1 Å². The standard InChI is InChI=1S/C14H20F10O5S/c1-2-3-6-27-8-9-28-10(15)5-4-7-29-30(25,26)14(23,24)12(18,19)11(16,17)13(20,21)22/h10H,2-9H2,1H3. The molecule has 0 aromatic rings. The third-order valence-corrected chi connectivity index (χ3v) is 4.77. The fraction of sp³-hybridized carbons (Fsp3) is 1.00. The summed E-state index contributed by atoms with van der Waals surface area (Å²) >= 11 is 0. The van der Waals surface area contributed by atoms with Gasteiger partial charge in [-0.1, -0.05) is 13.3 Å². The van der Waals surface area contributed by atoms with Crippen LogP contribution in [0.1, 0.15) is 32.6 Å². The number of hydrogen-bond donors (Lipinski definition) is 0. The van der Waals surface area contributed by atoms with Crippen molar-refractivity contribution in [3.63, 3.8) is 0 Å². The molecule has 16 heteroatoms. The van der Waals surface area contributed by atoms with E-state index < -0.39 is 59.2 Å². The van der Waals surface area contributed by atoms with Crippen molar-refractivity contribution in [2.45, 2.75) is 62.2 Å². The maximum atomic E-state index is 13.3. The summed E-state index contributed by atoms with van der Waals surface area (Å²) in [5.74, 6) is -14.8. The number of hydrogen-bond acceptors (Lipinski definition) is 5. The fourth-order valence-corrected chi connectivity index (χ4v) is 2.60. The zero-order valence-electron chi connectivity index (χ0n) is 15.5. The van der Waals surface area contributed by atoms with Crippen LogP contribution in [0.4, 0.5) is 43.9 Å². The molecule has 0 spiro atoms. The normalized spacial score (nSPS) is 15.4. The molecule has 30 heavy (non-hydrogen) atoms. The average molecular weight is 490 g/mol. The van der Waals surface area contributed by atoms with Crippen LogP contribution in [0.25, 0.3) is 0 Å². The first kappa shape index (κ1) is 29.1. The Kier molecular flexibility index (Phi) is 10.8. The molecule has 182 valence electrons. The van der Waals surface area contributed by atoms with E-state index in [4.69, 9.17) is 4.74 Å². The molecule has 1 atom stereocenters. The van der Waals surface area contributed by atoms with Crippen LogP contribution in [0.15, 0.2) is 0 Å². The lowest BCUT2D eigenvalue weighted by Crippen LogP contribution is -2.63. The van der Waals surface area contributed by atoms with Crippen molar-refractivity contribution in [1.29, 1.82) is 0 Å². The van der Waals surface area contributed by atoms with E-state index in [9.17, 15) is 52.3 Å². The lowest BCUT2D eigenvalue weighted by Gasteiger charge is -2.32. The number of rotatable bonds is 15. The highest BCUT2D eigenvalue weighted by atomic mass is 32.2. The summed E-state index contributed by atoms with van der Waals surface area (Å²) in [5, 5.41) is -6.93. The molecule has 0 heterocycles. The smallest absolute Gasteiger partial charge is 0.379 e. The number of alkyl halides is 10. The van der Waals surface area contributed by atoms with E-state index in [1.54, 1.807) is 0 Å². The third-order valence-electron chi connectivity index (χ3n) is 3.41. The quantitative estimate of drug-likeness (QED) is 0.190. The second kappa shape index (κ2) is 11.1. The molecule has 0 bridgehead atoms. The van der Waals surface area contributed by atoms with Gasteiger partial charge in [-0.05, 0) is 12.8 Å². The molecule has 0 saturated heterocycles. The van der Waals surface area contributed by atoms with E-state index in [1.807, 2.05) is 6.92 Å². The SMILES string of the molecule is CCCCOCCOC(F)CCCOS(=O)(=O)C(F)(F)C(F)(F)C(F)(F)C(F)(F)F. The van der Waals surface area contributed by atoms with Gasteiger partial charge in [0.2, 0.25) is 0 Å². The Labute approximate surface area is 165 Å². The van der Waals surface area contributed by atoms with Crippen molar-refractivity contribution in [2.24, 2.45) is 0 Å². The molecule has 0 fully saturated rings. The van der Waals surface area contributed by atoms with Crippen molar-refractivity contribution < 1.29 is 66.0 Å². The second-order valence-corrected chi connectivity index (χ2v) is 7.49. The molecule has 0 aliphatic rings. The van der Waals surface area contributed by atoms with Gasteiger partial charge in [0.1, 0.15) is 0 Å². The van der Waals surface area contributed by atoms with Gasteiger partial charge in [0.05, 0.1) is 19.8 Å². The summed E-state index contributed by atoms with van der Waals surface area (Å²) in [5.41, 5.74) is 0. The average Bonchev–Trinajstić information content (AvgIpc) is 2.60. The molecule has 0 aliphatic heterocycles. The Hall–Kier alpha value is -0.870. The van der Waals surface area contributed by atoms with E-state index in [1.165, 1.54) is 0 Å². The summed E-state index contributed by atoms with van der Waals surface area (Å²) in [6.07, 6.45) is -9.02. The maximum absolute atomic E-state index is 13.3. The Morgan fingerprint density at radius 1 is 0.800 bits per heavy atom. The molecule has 0 rings (SSSR count). The van der Waals surface area contributed by atoms with E-state index in [0.717, 1.165) is 12.8 Å². The second-order valence-electron chi connectivity index (χ2n) is 5.83. The van der Waals surface area contributed by atoms with Gasteiger partial charge in [0, 0.05) is 13.0 Å². The minimum atomic E-state index is -7.38. The van der Waals surface area contributed by atoms with Crippen LogP contribution < -0.4 is 0 Å². The predicted octanol–water partition coefficient (Wildman–Crippen LogP) is 4.67. The van der Waals surface area contributed by atoms with Gasteiger partial charge in [-0.15, -0.1) is 0 Å². The lowest BCUT2D eigenvalue weighted by atomic mass is 10.1. The van der Waals surface area contributed by atoms with Crippen molar-refractivity contribution in [3.05, 3.63) is 0 Å². The monoisotopic (exact) mass is 490 g/mol. The van der Waals surface area contributed by atoms with Crippen LogP contribution in [-0.4, -0.2) is 64.5 Å². The molecule has 0 N–H and O–H groups in total. The van der Waals surface area contributed by atoms with Crippen molar-refractivity contribution in [2.75, 3.05) is 26.4 Å². The summed E-state index contributed by atoms with van der Waals surface area (Å²) in [4.78, 5) is 0. The minimum absolute atomic E-state index is 0.0139. The molecule has 0 aromatic heterocycles. The van der Waals surface area contributed by atoms with Crippen LogP contribution in [0.5, 0.6) is 0 Å². The van der Waals surface area contributed by atoms with Crippen molar-refractivity contribution in [1.82, 2.24) is 0 Å². The first-order chi connectivity index (χ1) is 13.5. The lowest BCUT2D eigenvalue weighted by molar-refractivity contribution is -0.382. The summed E-state index contributed by atoms with van der Waals surface area (Å²) < 4.78 is 163. The van der Waals surface area contributed by atoms with E-state index in [2.05, 4.69) is 8.92 Å². The number of unbranched alkanes of at least 4 members (excludes halogenated alkanes) is 1. The van der Waals surface area contributed by atoms with Gasteiger partial charge in [-0.3, -0.25) is 4.18 Å². The van der Waals surface area contributed by atoms with Crippen LogP contribution in [-0.2, 0) is 23.8 Å². The van der Waals surface area contributed by atoms with E-state index in [-0.39, 0.29) is 13.2 Å². The molecular weight excluding hydrogens is 470 g/mol. The first-order valence-electron chi connectivity index (χ1n) is 8.38. The summed E-state index contributed by atoms with van der Waals surface area (Å²) in [6, 6.07) is 0. The van der Waals surface area contributed by atoms with Crippen molar-refractivity contribution in [3.8, 4) is 0 Å². The topological polar surface area (TPSA) is 61.8 Å². The van der Waals surface area contributed by atoms with Crippen LogP contribution in [0.3, 0.4) is 0 Å². The Morgan fingerprint density at radius 2 is 1.37 bits per heavy atom. The largest absolute Gasteiger partial charge is 0.460 e. The van der Waals surface area contributed by atoms with Gasteiger partial charge in [-0.2, -0.15) is 47.9 Å². The highest BCUT2D eigenvalue weighted by Gasteiger charge is 2.85. The Bertz CT molecular complexity index is 609. The first-order valence-corrected chi connectivity index (χ1v) is 9.79. The molecule has 5 nitrogen and oxygen atoms in total. The third kappa shape index (κ3) is 7.09. The van der Waals surface area contributed by atoms with Gasteiger partial charge >= 0.3 is 33.4 Å². The van der Waals surface area contributed by atoms with Gasteiger partial charge in [0.25, 0.3) is 0 Å². The zero-order valence-corrected chi connectivity index (χ0v) is 16.3. The van der Waals surface area contributed by atoms with Gasteiger partial charge in [-0.25, -0.2) is 4.39 Å². The highest BCUT2D eigenvalue weighted by Crippen LogP contribution is 2.54. The van der Waals surface area contributed by atoms with E-state index in [0.29, 0.717) is 6.61 Å². The van der Waals surface area contributed by atoms with Gasteiger partial charge < -0.3 is 9.47 Å². The summed E-state index contributed by atoms with van der Waals surface area (Å²) in [6.45, 7) is 0.691. The molecule has 0 aromatic carbocycles. The number of ether oxygens (including phenoxy) is 2. The highest BCUT2D eigenvalue weighted by molar-refractivity contribution is 7.87. The molecule has 1 unspecified atom stereocenters. The Balaban J connectivity index is 4.67. The predicted molar refractivity (Wildman–Crippen MR) is 81.6 cm³/mol. The van der Waals surface area contributed by atoms with E-state index >= 15 is 0 Å². The van der Waals surface area contributed by atoms with Crippen LogP contribution >= 0.6 is 0 Å². The minimum Gasteiger partial charge on any atom is -0.379 e. The molecule has 0 amide bonds. The molecular formula is C14H20F10O5S. The molecule has 0 radical (unpaired) electrons. The number of halogens is 10. The molecule has 0 saturated carbocycles. The molecule has 0 aliphatic carbocycles. The maximum Gasteiger partial charge on any atom is 0.460 e. The summed E-state index contributed by atoms with van der Waals surface area (Å²) in [7, 11) is -6.94. The Morgan fingerprint density at radius 3 is 1.87 bits per heavy atom. The van der Waals surface area contributed by atoms with Crippen LogP contribution in [0, 0.1) is 0 Å². The zero-order chi connectivity index (χ0) is 23.9. The van der Waals surface area contributed by atoms with Gasteiger partial charge in [0.15, 0.2) is 6.36 Å². The van der Waals surface area contributed by atoms with Crippen LogP contribution in [0.2, 0.25) is 0 Å².